The molecule has 0 aliphatic heterocycles. The van der Waals surface area contributed by atoms with E-state index in [-0.39, 0.29) is 25.5 Å². The molecule has 0 saturated carbocycles. The summed E-state index contributed by atoms with van der Waals surface area (Å²) in [5, 5.41) is 5.11. The molecule has 0 spiro atoms. The zero-order valence-electron chi connectivity index (χ0n) is 28.7. The zero-order chi connectivity index (χ0) is 33.5. The van der Waals surface area contributed by atoms with Crippen LogP contribution in [0.2, 0.25) is 0 Å². The minimum Gasteiger partial charge on any atom is -0.350 e. The zero-order valence-corrected chi connectivity index (χ0v) is 31.1. The van der Waals surface area contributed by atoms with Gasteiger partial charge in [-0.3, -0.25) is 0 Å². The minimum absolute atomic E-state index is 0. The molecule has 0 N–H and O–H groups in total. The van der Waals surface area contributed by atoms with Crippen LogP contribution in [0.4, 0.5) is 0 Å². The topological polar surface area (TPSA) is 30.2 Å². The standard InChI is InChI=1S/C34H27N2.C12H10N.Ir/c1-34(2,3)21-22-15-16-35-30(17-22)24-13-14-32-27(18-24)29-20-25(23-9-5-4-6-10-23)19-28-26-11-7-8-12-31(26)36(32)33(28)29;1-10-7-8-12(13-9-10)11-5-3-2-4-6-11;/h4-12,14-20H,21H2,1-3H3;2-5,7-9H,1H3;/q2*-1;. The molecule has 4 aromatic heterocycles. The first-order chi connectivity index (χ1) is 23.8. The normalized spacial score (nSPS) is 11.5. The molecule has 9 rings (SSSR count). The third-order valence-electron chi connectivity index (χ3n) is 9.07. The third-order valence-corrected chi connectivity index (χ3v) is 9.07. The average Bonchev–Trinajstić information content (AvgIpc) is 3.64. The maximum absolute atomic E-state index is 4.73. The van der Waals surface area contributed by atoms with E-state index in [1.807, 2.05) is 49.6 Å². The van der Waals surface area contributed by atoms with Crippen LogP contribution in [0.25, 0.3) is 71.7 Å². The van der Waals surface area contributed by atoms with Crippen LogP contribution in [0.1, 0.15) is 31.9 Å². The molecule has 50 heavy (non-hydrogen) atoms. The van der Waals surface area contributed by atoms with Gasteiger partial charge in [0.2, 0.25) is 0 Å². The molecule has 3 nitrogen and oxygen atoms in total. The molecule has 0 atom stereocenters. The molecule has 4 heterocycles. The van der Waals surface area contributed by atoms with Crippen molar-refractivity contribution in [2.75, 3.05) is 0 Å². The minimum atomic E-state index is 0. The average molecular weight is 824 g/mol. The van der Waals surface area contributed by atoms with Crippen molar-refractivity contribution in [3.05, 3.63) is 163 Å². The van der Waals surface area contributed by atoms with Crippen LogP contribution in [0, 0.1) is 24.5 Å². The van der Waals surface area contributed by atoms with Crippen LogP contribution in [-0.2, 0) is 26.5 Å². The van der Waals surface area contributed by atoms with Crippen molar-refractivity contribution in [2.24, 2.45) is 5.41 Å². The summed E-state index contributed by atoms with van der Waals surface area (Å²) in [6.07, 6.45) is 4.82. The number of pyridine rings is 2. The van der Waals surface area contributed by atoms with Crippen molar-refractivity contribution in [3.63, 3.8) is 0 Å². The Hall–Kier alpha value is -5.15. The summed E-state index contributed by atoms with van der Waals surface area (Å²) in [4.78, 5) is 9.05. The summed E-state index contributed by atoms with van der Waals surface area (Å²) >= 11 is 0. The molecular formula is C46H37IrN3-2. The summed E-state index contributed by atoms with van der Waals surface area (Å²) in [5.41, 5.74) is 13.0. The summed E-state index contributed by atoms with van der Waals surface area (Å²) in [5.74, 6) is 0. The number of nitrogens with zero attached hydrogens (tertiary/aromatic N) is 3. The molecule has 9 aromatic rings. The molecule has 0 aliphatic rings. The Morgan fingerprint density at radius 3 is 2.12 bits per heavy atom. The smallest absolute Gasteiger partial charge is 0.0517 e. The Bertz CT molecular complexity index is 2550. The summed E-state index contributed by atoms with van der Waals surface area (Å²) in [6, 6.07) is 51.5. The van der Waals surface area contributed by atoms with Crippen LogP contribution in [0.3, 0.4) is 0 Å². The van der Waals surface area contributed by atoms with Crippen LogP contribution in [0.15, 0.2) is 140 Å². The van der Waals surface area contributed by atoms with Gasteiger partial charge in [-0.25, -0.2) is 0 Å². The number of hydrogen-bond acceptors (Lipinski definition) is 2. The van der Waals surface area contributed by atoms with Crippen molar-refractivity contribution >= 4 is 38.1 Å². The molecule has 0 unspecified atom stereocenters. The second-order valence-corrected chi connectivity index (χ2v) is 14.1. The van der Waals surface area contributed by atoms with Gasteiger partial charge in [0.15, 0.2) is 0 Å². The molecule has 0 bridgehead atoms. The molecule has 1 radical (unpaired) electrons. The third kappa shape index (κ3) is 6.45. The van der Waals surface area contributed by atoms with E-state index >= 15 is 0 Å². The van der Waals surface area contributed by atoms with E-state index in [9.17, 15) is 0 Å². The Kier molecular flexibility index (Phi) is 9.09. The molecule has 5 aromatic carbocycles. The van der Waals surface area contributed by atoms with Gasteiger partial charge in [-0.15, -0.1) is 59.7 Å². The monoisotopic (exact) mass is 824 g/mol. The predicted octanol–water partition coefficient (Wildman–Crippen LogP) is 11.8. The number of benzene rings is 5. The van der Waals surface area contributed by atoms with Gasteiger partial charge in [-0.1, -0.05) is 98.5 Å². The second-order valence-electron chi connectivity index (χ2n) is 14.1. The quantitative estimate of drug-likeness (QED) is 0.166. The first kappa shape index (κ1) is 33.4. The van der Waals surface area contributed by atoms with E-state index in [0.29, 0.717) is 0 Å². The van der Waals surface area contributed by atoms with E-state index in [1.165, 1.54) is 60.3 Å². The molecule has 247 valence electrons. The van der Waals surface area contributed by atoms with Gasteiger partial charge in [0, 0.05) is 48.8 Å². The summed E-state index contributed by atoms with van der Waals surface area (Å²) < 4.78 is 2.41. The number of para-hydroxylation sites is 1. The fourth-order valence-corrected chi connectivity index (χ4v) is 6.91. The van der Waals surface area contributed by atoms with E-state index in [1.54, 1.807) is 0 Å². The molecule has 0 saturated heterocycles. The van der Waals surface area contributed by atoms with Gasteiger partial charge in [-0.05, 0) is 82.0 Å². The molecule has 0 aliphatic carbocycles. The van der Waals surface area contributed by atoms with Crippen LogP contribution in [0.5, 0.6) is 0 Å². The Labute approximate surface area is 307 Å². The SMILES string of the molecule is CC(C)(C)Cc1ccnc(-c2[c-]cc3c(c2)c2cc(-c4ccccc4)cc4c5ccccc5n3c24)c1.Cc1ccc(-c2[c-]cccc2)nc1.[Ir]. The van der Waals surface area contributed by atoms with Gasteiger partial charge in [0.1, 0.15) is 0 Å². The van der Waals surface area contributed by atoms with Crippen LogP contribution in [-0.4, -0.2) is 14.4 Å². The fourth-order valence-electron chi connectivity index (χ4n) is 6.91. The van der Waals surface area contributed by atoms with E-state index in [2.05, 4.69) is 139 Å². The van der Waals surface area contributed by atoms with Gasteiger partial charge >= 0.3 is 0 Å². The van der Waals surface area contributed by atoms with Gasteiger partial charge in [-0.2, -0.15) is 0 Å². The van der Waals surface area contributed by atoms with Gasteiger partial charge < -0.3 is 14.4 Å². The van der Waals surface area contributed by atoms with E-state index in [0.717, 1.165) is 28.9 Å². The van der Waals surface area contributed by atoms with Gasteiger partial charge in [0.05, 0.1) is 5.52 Å². The fraction of sp³-hybridized carbons (Fsp3) is 0.130. The second kappa shape index (κ2) is 13.6. The Morgan fingerprint density at radius 2 is 1.38 bits per heavy atom. The number of rotatable bonds is 4. The van der Waals surface area contributed by atoms with Crippen molar-refractivity contribution in [1.29, 1.82) is 0 Å². The van der Waals surface area contributed by atoms with Gasteiger partial charge in [0.25, 0.3) is 0 Å². The van der Waals surface area contributed by atoms with Crippen LogP contribution < -0.4 is 0 Å². The number of hydrogen-bond donors (Lipinski definition) is 0. The first-order valence-electron chi connectivity index (χ1n) is 16.9. The molecule has 0 fully saturated rings. The van der Waals surface area contributed by atoms with E-state index in [4.69, 9.17) is 4.98 Å². The van der Waals surface area contributed by atoms with Crippen molar-refractivity contribution < 1.29 is 20.1 Å². The molecule has 0 amide bonds. The van der Waals surface area contributed by atoms with E-state index < -0.39 is 0 Å². The summed E-state index contributed by atoms with van der Waals surface area (Å²) in [6.45, 7) is 8.86. The Morgan fingerprint density at radius 1 is 0.620 bits per heavy atom. The van der Waals surface area contributed by atoms with Crippen molar-refractivity contribution in [3.8, 4) is 33.6 Å². The number of aromatic nitrogens is 3. The maximum atomic E-state index is 4.73. The first-order valence-corrected chi connectivity index (χ1v) is 16.9. The van der Waals surface area contributed by atoms with Crippen LogP contribution >= 0.6 is 0 Å². The predicted molar refractivity (Wildman–Crippen MR) is 205 cm³/mol. The van der Waals surface area contributed by atoms with Crippen molar-refractivity contribution in [1.82, 2.24) is 14.4 Å². The maximum Gasteiger partial charge on any atom is 0.0517 e. The molecule has 4 heteroatoms. The Balaban J connectivity index is 0.000000236. The molecular weight excluding hydrogens is 787 g/mol. The largest absolute Gasteiger partial charge is 0.350 e. The number of aryl methyl sites for hydroxylation is 1. The summed E-state index contributed by atoms with van der Waals surface area (Å²) in [7, 11) is 0. The number of fused-ring (bicyclic) bond motifs is 6. The van der Waals surface area contributed by atoms with Crippen molar-refractivity contribution in [2.45, 2.75) is 34.1 Å².